The van der Waals surface area contributed by atoms with Gasteiger partial charge in [-0.05, 0) is 61.4 Å². The second-order valence-corrected chi connectivity index (χ2v) is 10.00. The number of benzene rings is 2. The molecule has 2 heterocycles. The van der Waals surface area contributed by atoms with Gasteiger partial charge in [0.2, 0.25) is 0 Å². The minimum absolute atomic E-state index is 0.179. The van der Waals surface area contributed by atoms with Gasteiger partial charge in [0.05, 0.1) is 37.6 Å². The summed E-state index contributed by atoms with van der Waals surface area (Å²) in [6.45, 7) is 6.00. The van der Waals surface area contributed by atoms with Crippen LogP contribution >= 0.6 is 0 Å². The van der Waals surface area contributed by atoms with Gasteiger partial charge in [-0.2, -0.15) is 0 Å². The van der Waals surface area contributed by atoms with Gasteiger partial charge in [-0.3, -0.25) is 0 Å². The van der Waals surface area contributed by atoms with E-state index in [4.69, 9.17) is 28.4 Å². The number of ether oxygens (including phenoxy) is 6. The van der Waals surface area contributed by atoms with E-state index in [0.717, 1.165) is 43.6 Å². The minimum Gasteiger partial charge on any atom is -0.494 e. The van der Waals surface area contributed by atoms with Gasteiger partial charge < -0.3 is 28.4 Å². The Balaban J connectivity index is 1.22. The molecule has 8 heteroatoms. The predicted octanol–water partition coefficient (Wildman–Crippen LogP) is 5.76. The van der Waals surface area contributed by atoms with Crippen molar-refractivity contribution in [1.29, 1.82) is 0 Å². The third-order valence-corrected chi connectivity index (χ3v) is 6.94. The van der Waals surface area contributed by atoms with Gasteiger partial charge in [0.1, 0.15) is 23.7 Å². The van der Waals surface area contributed by atoms with Crippen molar-refractivity contribution < 1.29 is 38.0 Å². The molecule has 0 spiro atoms. The third-order valence-electron chi connectivity index (χ3n) is 6.94. The Hall–Kier alpha value is -3.10. The van der Waals surface area contributed by atoms with Crippen LogP contribution in [0.15, 0.2) is 48.5 Å². The Kier molecular flexibility index (Phi) is 11.0. The highest BCUT2D eigenvalue weighted by atomic mass is 16.7. The molecule has 0 N–H and O–H groups in total. The Morgan fingerprint density at radius 3 is 1.49 bits per heavy atom. The van der Waals surface area contributed by atoms with Crippen LogP contribution in [0.1, 0.15) is 79.5 Å². The summed E-state index contributed by atoms with van der Waals surface area (Å²) in [6.07, 6.45) is 5.68. The lowest BCUT2D eigenvalue weighted by Crippen LogP contribution is -2.36. The molecule has 39 heavy (non-hydrogen) atoms. The molecule has 2 aliphatic rings. The number of carbonyl (C=O) groups excluding carboxylic acids is 2. The highest BCUT2D eigenvalue weighted by molar-refractivity contribution is 5.90. The van der Waals surface area contributed by atoms with Gasteiger partial charge in [-0.25, -0.2) is 9.59 Å². The van der Waals surface area contributed by atoms with Crippen molar-refractivity contribution in [2.75, 3.05) is 26.4 Å². The summed E-state index contributed by atoms with van der Waals surface area (Å²) in [5.74, 6) is 0.531. The van der Waals surface area contributed by atoms with Gasteiger partial charge in [-0.1, -0.05) is 46.0 Å². The number of carbonyl (C=O) groups is 2. The van der Waals surface area contributed by atoms with Crippen LogP contribution in [0.2, 0.25) is 0 Å². The van der Waals surface area contributed by atoms with Gasteiger partial charge in [0.25, 0.3) is 0 Å². The summed E-state index contributed by atoms with van der Waals surface area (Å²) < 4.78 is 34.5. The molecule has 4 rings (SSSR count). The van der Waals surface area contributed by atoms with E-state index in [2.05, 4.69) is 13.8 Å². The second-order valence-electron chi connectivity index (χ2n) is 10.00. The molecular formula is C31H40O8. The lowest BCUT2D eigenvalue weighted by atomic mass is 10.1. The van der Waals surface area contributed by atoms with Crippen molar-refractivity contribution in [2.24, 2.45) is 0 Å². The largest absolute Gasteiger partial charge is 0.494 e. The summed E-state index contributed by atoms with van der Waals surface area (Å²) in [5.41, 5.74) is 0.851. The van der Waals surface area contributed by atoms with E-state index < -0.39 is 36.4 Å². The molecule has 212 valence electrons. The molecule has 0 aliphatic carbocycles. The van der Waals surface area contributed by atoms with E-state index in [9.17, 15) is 9.59 Å². The zero-order valence-corrected chi connectivity index (χ0v) is 23.0. The van der Waals surface area contributed by atoms with Gasteiger partial charge in [-0.15, -0.1) is 0 Å². The quantitative estimate of drug-likeness (QED) is 0.208. The molecule has 8 nitrogen and oxygen atoms in total. The molecule has 2 aromatic rings. The molecule has 2 saturated heterocycles. The predicted molar refractivity (Wildman–Crippen MR) is 145 cm³/mol. The molecule has 0 bridgehead atoms. The average Bonchev–Trinajstić information content (AvgIpc) is 3.54. The summed E-state index contributed by atoms with van der Waals surface area (Å²) in [6, 6.07) is 13.8. The normalized spacial score (nSPS) is 21.8. The smallest absolute Gasteiger partial charge is 0.338 e. The summed E-state index contributed by atoms with van der Waals surface area (Å²) in [4.78, 5) is 25.4. The van der Waals surface area contributed by atoms with Crippen molar-refractivity contribution in [3.05, 3.63) is 59.7 Å². The Bertz CT molecular complexity index is 1040. The topological polar surface area (TPSA) is 89.5 Å². The first kappa shape index (κ1) is 28.9. The highest BCUT2D eigenvalue weighted by Crippen LogP contribution is 2.31. The maximum Gasteiger partial charge on any atom is 0.338 e. The van der Waals surface area contributed by atoms with Crippen LogP contribution in [0.4, 0.5) is 0 Å². The van der Waals surface area contributed by atoms with Crippen LogP contribution in [0, 0.1) is 0 Å². The second kappa shape index (κ2) is 14.9. The van der Waals surface area contributed by atoms with E-state index in [0.29, 0.717) is 24.3 Å². The lowest BCUT2D eigenvalue weighted by molar-refractivity contribution is -0.0287. The first-order valence-electron chi connectivity index (χ1n) is 14.2. The molecule has 2 aliphatic heterocycles. The molecule has 0 amide bonds. The van der Waals surface area contributed by atoms with Crippen LogP contribution in [0.25, 0.3) is 0 Å². The molecule has 2 aromatic carbocycles. The summed E-state index contributed by atoms with van der Waals surface area (Å²) >= 11 is 0. The maximum atomic E-state index is 12.7. The van der Waals surface area contributed by atoms with E-state index in [1.807, 2.05) is 0 Å². The third kappa shape index (κ3) is 8.19. The first-order chi connectivity index (χ1) is 19.1. The maximum absolute atomic E-state index is 12.7. The SMILES string of the molecule is CCCCCCOc1ccc(C(=O)O[C@H]2CO[C@@H]3[C@H]2OC[C@H]3OC(=O)c2ccc(OCCCCC)cc2)cc1. The Labute approximate surface area is 230 Å². The fraction of sp³-hybridized carbons (Fsp3) is 0.548. The molecule has 2 fully saturated rings. The van der Waals surface area contributed by atoms with Gasteiger partial charge >= 0.3 is 11.9 Å². The number of fused-ring (bicyclic) bond motifs is 1. The van der Waals surface area contributed by atoms with Crippen LogP contribution in [0.5, 0.6) is 11.5 Å². The van der Waals surface area contributed by atoms with Crippen molar-refractivity contribution in [3.63, 3.8) is 0 Å². The highest BCUT2D eigenvalue weighted by Gasteiger charge is 2.51. The van der Waals surface area contributed by atoms with E-state index in [1.54, 1.807) is 48.5 Å². The summed E-state index contributed by atoms with van der Waals surface area (Å²) in [7, 11) is 0. The van der Waals surface area contributed by atoms with Crippen LogP contribution in [0.3, 0.4) is 0 Å². The zero-order valence-electron chi connectivity index (χ0n) is 23.0. The van der Waals surface area contributed by atoms with E-state index >= 15 is 0 Å². The molecule has 0 unspecified atom stereocenters. The number of rotatable bonds is 15. The number of esters is 2. The van der Waals surface area contributed by atoms with Crippen molar-refractivity contribution >= 4 is 11.9 Å². The van der Waals surface area contributed by atoms with Crippen LogP contribution < -0.4 is 9.47 Å². The monoisotopic (exact) mass is 540 g/mol. The van der Waals surface area contributed by atoms with Crippen LogP contribution in [-0.2, 0) is 18.9 Å². The average molecular weight is 541 g/mol. The van der Waals surface area contributed by atoms with Crippen molar-refractivity contribution in [2.45, 2.75) is 83.2 Å². The number of hydrogen-bond acceptors (Lipinski definition) is 8. The number of hydrogen-bond donors (Lipinski definition) is 0. The molecule has 0 saturated carbocycles. The van der Waals surface area contributed by atoms with Gasteiger partial charge in [0.15, 0.2) is 12.2 Å². The summed E-state index contributed by atoms with van der Waals surface area (Å²) in [5, 5.41) is 0. The fourth-order valence-electron chi connectivity index (χ4n) is 4.68. The minimum atomic E-state index is -0.579. The first-order valence-corrected chi connectivity index (χ1v) is 14.2. The fourth-order valence-corrected chi connectivity index (χ4v) is 4.68. The van der Waals surface area contributed by atoms with E-state index in [1.165, 1.54) is 12.8 Å². The molecule has 0 aromatic heterocycles. The van der Waals surface area contributed by atoms with E-state index in [-0.39, 0.29) is 13.2 Å². The Morgan fingerprint density at radius 1 is 0.641 bits per heavy atom. The zero-order chi connectivity index (χ0) is 27.5. The lowest BCUT2D eigenvalue weighted by Gasteiger charge is -2.17. The molecule has 4 atom stereocenters. The molecular weight excluding hydrogens is 500 g/mol. The van der Waals surface area contributed by atoms with Crippen LogP contribution in [-0.4, -0.2) is 62.8 Å². The van der Waals surface area contributed by atoms with Crippen molar-refractivity contribution in [3.8, 4) is 11.5 Å². The number of unbranched alkanes of at least 4 members (excludes halogenated alkanes) is 5. The molecule has 0 radical (unpaired) electrons. The van der Waals surface area contributed by atoms with Crippen molar-refractivity contribution in [1.82, 2.24) is 0 Å². The standard InChI is InChI=1S/C31H40O8/c1-3-5-7-9-19-35-25-16-12-23(13-17-25)31(33)39-27-21-37-28-26(20-36-29(27)28)38-30(32)22-10-14-24(15-11-22)34-18-8-6-4-2/h10-17,26-29H,3-9,18-21H2,1-2H3/t26-,27+,28+,29+/m1/s1. The van der Waals surface area contributed by atoms with Gasteiger partial charge in [0, 0.05) is 0 Å². The Morgan fingerprint density at radius 2 is 1.05 bits per heavy atom.